The first-order valence-corrected chi connectivity index (χ1v) is 7.49. The van der Waals surface area contributed by atoms with Crippen LogP contribution in [0.1, 0.15) is 21.1 Å². The van der Waals surface area contributed by atoms with E-state index in [9.17, 15) is 4.79 Å². The zero-order valence-corrected chi connectivity index (χ0v) is 12.4. The predicted octanol–water partition coefficient (Wildman–Crippen LogP) is 3.12. The van der Waals surface area contributed by atoms with Crippen molar-refractivity contribution in [3.63, 3.8) is 0 Å². The van der Waals surface area contributed by atoms with Gasteiger partial charge in [0.25, 0.3) is 5.91 Å². The van der Waals surface area contributed by atoms with Gasteiger partial charge >= 0.3 is 0 Å². The fourth-order valence-corrected chi connectivity index (χ4v) is 2.90. The topological polar surface area (TPSA) is 68.0 Å². The molecule has 3 N–H and O–H groups in total. The van der Waals surface area contributed by atoms with Crippen LogP contribution in [-0.2, 0) is 6.54 Å². The monoisotopic (exact) mass is 297 g/mol. The van der Waals surface area contributed by atoms with E-state index in [1.165, 1.54) is 11.3 Å². The maximum atomic E-state index is 12.3. The number of fused-ring (bicyclic) bond motifs is 1. The van der Waals surface area contributed by atoms with Gasteiger partial charge in [0.05, 0.1) is 12.1 Å². The first kappa shape index (κ1) is 13.6. The minimum Gasteiger partial charge on any atom is -0.398 e. The summed E-state index contributed by atoms with van der Waals surface area (Å²) < 4.78 is 0. The van der Waals surface area contributed by atoms with E-state index in [4.69, 9.17) is 5.73 Å². The molecule has 2 aromatic carbocycles. The van der Waals surface area contributed by atoms with Crippen LogP contribution < -0.4 is 11.1 Å². The number of hydrogen-bond donors (Lipinski definition) is 2. The van der Waals surface area contributed by atoms with Gasteiger partial charge in [0.2, 0.25) is 0 Å². The van der Waals surface area contributed by atoms with E-state index in [-0.39, 0.29) is 5.91 Å². The molecule has 0 spiro atoms. The van der Waals surface area contributed by atoms with Crippen molar-refractivity contribution in [3.8, 4) is 0 Å². The zero-order valence-electron chi connectivity index (χ0n) is 11.6. The van der Waals surface area contributed by atoms with Gasteiger partial charge in [0.1, 0.15) is 5.01 Å². The molecule has 0 atom stereocenters. The maximum absolute atomic E-state index is 12.3. The van der Waals surface area contributed by atoms with Crippen molar-refractivity contribution in [1.82, 2.24) is 10.3 Å². The molecule has 3 aromatic rings. The number of carbonyl (C=O) groups excluding carboxylic acids is 1. The third-order valence-electron chi connectivity index (χ3n) is 3.23. The third kappa shape index (κ3) is 2.87. The number of thiazole rings is 1. The number of hydrogen-bond acceptors (Lipinski definition) is 4. The summed E-state index contributed by atoms with van der Waals surface area (Å²) in [6.07, 6.45) is 0. The van der Waals surface area contributed by atoms with Crippen LogP contribution in [0.25, 0.3) is 10.8 Å². The van der Waals surface area contributed by atoms with Gasteiger partial charge < -0.3 is 11.1 Å². The van der Waals surface area contributed by atoms with Crippen molar-refractivity contribution in [1.29, 1.82) is 0 Å². The molecule has 0 bridgehead atoms. The Morgan fingerprint density at radius 1 is 1.29 bits per heavy atom. The van der Waals surface area contributed by atoms with Crippen LogP contribution in [0.5, 0.6) is 0 Å². The molecule has 3 rings (SSSR count). The van der Waals surface area contributed by atoms with Crippen molar-refractivity contribution >= 4 is 33.7 Å². The number of benzene rings is 2. The highest BCUT2D eigenvalue weighted by molar-refractivity contribution is 7.09. The van der Waals surface area contributed by atoms with E-state index < -0.39 is 0 Å². The van der Waals surface area contributed by atoms with E-state index in [0.717, 1.165) is 21.5 Å². The summed E-state index contributed by atoms with van der Waals surface area (Å²) in [5, 5.41) is 7.75. The number of nitrogens with one attached hydrogen (secondary N) is 1. The fourth-order valence-electron chi connectivity index (χ4n) is 2.19. The molecule has 0 saturated carbocycles. The number of amides is 1. The first-order valence-electron chi connectivity index (χ1n) is 6.61. The highest BCUT2D eigenvalue weighted by atomic mass is 32.1. The van der Waals surface area contributed by atoms with Crippen molar-refractivity contribution in [2.45, 2.75) is 13.5 Å². The molecule has 0 aliphatic rings. The molecule has 1 amide bonds. The lowest BCUT2D eigenvalue weighted by atomic mass is 10.0. The van der Waals surface area contributed by atoms with Gasteiger partial charge in [-0.3, -0.25) is 4.79 Å². The Hall–Kier alpha value is -2.40. The van der Waals surface area contributed by atoms with Crippen molar-refractivity contribution < 1.29 is 4.79 Å². The molecule has 0 aliphatic carbocycles. The second-order valence-electron chi connectivity index (χ2n) is 4.85. The highest BCUT2D eigenvalue weighted by Crippen LogP contribution is 2.22. The molecule has 0 radical (unpaired) electrons. The van der Waals surface area contributed by atoms with Crippen LogP contribution in [0.3, 0.4) is 0 Å². The molecule has 21 heavy (non-hydrogen) atoms. The molecular weight excluding hydrogens is 282 g/mol. The number of aryl methyl sites for hydroxylation is 1. The summed E-state index contributed by atoms with van der Waals surface area (Å²) in [5.41, 5.74) is 7.94. The summed E-state index contributed by atoms with van der Waals surface area (Å²) in [4.78, 5) is 16.6. The van der Waals surface area contributed by atoms with Crippen LogP contribution in [0, 0.1) is 6.92 Å². The number of nitrogens with two attached hydrogens (primary N) is 1. The van der Waals surface area contributed by atoms with Crippen LogP contribution in [-0.4, -0.2) is 10.9 Å². The Labute approximate surface area is 126 Å². The number of carbonyl (C=O) groups is 1. The zero-order chi connectivity index (χ0) is 14.8. The smallest absolute Gasteiger partial charge is 0.253 e. The molecule has 106 valence electrons. The lowest BCUT2D eigenvalue weighted by Crippen LogP contribution is -2.23. The Bertz CT molecular complexity index is 810. The summed E-state index contributed by atoms with van der Waals surface area (Å²) >= 11 is 1.54. The minimum atomic E-state index is -0.175. The molecule has 1 aromatic heterocycles. The summed E-state index contributed by atoms with van der Waals surface area (Å²) in [6.45, 7) is 2.35. The number of nitrogen functional groups attached to an aromatic ring is 1. The molecule has 1 heterocycles. The van der Waals surface area contributed by atoms with Crippen LogP contribution in [0.15, 0.2) is 41.8 Å². The molecule has 5 heteroatoms. The number of anilines is 1. The average molecular weight is 297 g/mol. The predicted molar refractivity (Wildman–Crippen MR) is 86.4 cm³/mol. The van der Waals surface area contributed by atoms with Crippen molar-refractivity contribution in [2.24, 2.45) is 0 Å². The Morgan fingerprint density at radius 2 is 2.00 bits per heavy atom. The number of nitrogens with zero attached hydrogens (tertiary/aromatic N) is 1. The van der Waals surface area contributed by atoms with Gasteiger partial charge in [-0.25, -0.2) is 4.98 Å². The van der Waals surface area contributed by atoms with Crippen LogP contribution in [0.2, 0.25) is 0 Å². The SMILES string of the molecule is Cc1csc(CNC(=O)c2cc3ccccc3cc2N)n1. The minimum absolute atomic E-state index is 0.175. The number of rotatable bonds is 3. The summed E-state index contributed by atoms with van der Waals surface area (Å²) in [7, 11) is 0. The normalized spacial score (nSPS) is 10.7. The molecular formula is C16H15N3OS. The summed E-state index contributed by atoms with van der Waals surface area (Å²) in [6, 6.07) is 11.5. The molecule has 0 aliphatic heterocycles. The van der Waals surface area contributed by atoms with Crippen LogP contribution in [0.4, 0.5) is 5.69 Å². The van der Waals surface area contributed by atoms with Crippen molar-refractivity contribution in [2.75, 3.05) is 5.73 Å². The average Bonchev–Trinajstić information content (AvgIpc) is 2.89. The molecule has 0 fully saturated rings. The molecule has 0 saturated heterocycles. The quantitative estimate of drug-likeness (QED) is 0.730. The third-order valence-corrected chi connectivity index (χ3v) is 4.20. The van der Waals surface area contributed by atoms with E-state index in [1.54, 1.807) is 0 Å². The second-order valence-corrected chi connectivity index (χ2v) is 5.79. The Morgan fingerprint density at radius 3 is 2.67 bits per heavy atom. The van der Waals surface area contributed by atoms with Gasteiger partial charge in [-0.2, -0.15) is 0 Å². The van der Waals surface area contributed by atoms with Gasteiger partial charge in [0, 0.05) is 16.8 Å². The Kier molecular flexibility index (Phi) is 3.58. The van der Waals surface area contributed by atoms with Gasteiger partial charge in [-0.15, -0.1) is 11.3 Å². The van der Waals surface area contributed by atoms with Crippen molar-refractivity contribution in [3.05, 3.63) is 58.0 Å². The van der Waals surface area contributed by atoms with Gasteiger partial charge in [-0.05, 0) is 29.8 Å². The maximum Gasteiger partial charge on any atom is 0.253 e. The summed E-state index contributed by atoms with van der Waals surface area (Å²) in [5.74, 6) is -0.175. The fraction of sp³-hybridized carbons (Fsp3) is 0.125. The standard InChI is InChI=1S/C16H15N3OS/c1-10-9-21-15(19-10)8-18-16(20)13-6-11-4-2-3-5-12(11)7-14(13)17/h2-7,9H,8,17H2,1H3,(H,18,20). The van der Waals surface area contributed by atoms with Gasteiger partial charge in [-0.1, -0.05) is 24.3 Å². The molecule has 0 unspecified atom stereocenters. The van der Waals surface area contributed by atoms with E-state index in [0.29, 0.717) is 17.8 Å². The Balaban J connectivity index is 1.82. The van der Waals surface area contributed by atoms with E-state index >= 15 is 0 Å². The largest absolute Gasteiger partial charge is 0.398 e. The second kappa shape index (κ2) is 5.54. The van der Waals surface area contributed by atoms with Gasteiger partial charge in [0.15, 0.2) is 0 Å². The lowest BCUT2D eigenvalue weighted by molar-refractivity contribution is 0.0952. The van der Waals surface area contributed by atoms with E-state index in [2.05, 4.69) is 10.3 Å². The molecule has 4 nitrogen and oxygen atoms in total. The number of aromatic nitrogens is 1. The first-order chi connectivity index (χ1) is 10.1. The van der Waals surface area contributed by atoms with E-state index in [1.807, 2.05) is 48.7 Å². The lowest BCUT2D eigenvalue weighted by Gasteiger charge is -2.08. The highest BCUT2D eigenvalue weighted by Gasteiger charge is 2.11. The van der Waals surface area contributed by atoms with Crippen LogP contribution >= 0.6 is 11.3 Å².